The lowest BCUT2D eigenvalue weighted by Crippen LogP contribution is -2.47. The number of aliphatic hydroxyl groups is 2. The van der Waals surface area contributed by atoms with Crippen molar-refractivity contribution >= 4 is 0 Å². The van der Waals surface area contributed by atoms with E-state index in [9.17, 15) is 5.11 Å². The molecule has 0 saturated carbocycles. The maximum atomic E-state index is 9.91. The van der Waals surface area contributed by atoms with E-state index in [4.69, 9.17) is 14.6 Å². The summed E-state index contributed by atoms with van der Waals surface area (Å²) in [6.07, 6.45) is 0.0191. The van der Waals surface area contributed by atoms with Gasteiger partial charge in [0.05, 0.1) is 13.2 Å². The van der Waals surface area contributed by atoms with Crippen LogP contribution in [-0.2, 0) is 9.47 Å². The second kappa shape index (κ2) is 3.53. The second-order valence-corrected chi connectivity index (χ2v) is 3.93. The van der Waals surface area contributed by atoms with Gasteiger partial charge in [0.25, 0.3) is 0 Å². The highest BCUT2D eigenvalue weighted by Gasteiger charge is 2.44. The molecule has 2 atom stereocenters. The molecule has 1 aliphatic rings. The van der Waals surface area contributed by atoms with E-state index in [0.717, 1.165) is 0 Å². The number of aliphatic hydroxyl groups excluding tert-OH is 1. The van der Waals surface area contributed by atoms with Crippen LogP contribution in [0.5, 0.6) is 0 Å². The van der Waals surface area contributed by atoms with Crippen molar-refractivity contribution in [1.82, 2.24) is 0 Å². The summed E-state index contributed by atoms with van der Waals surface area (Å²) in [6, 6.07) is 0. The van der Waals surface area contributed by atoms with E-state index in [1.165, 1.54) is 0 Å². The van der Waals surface area contributed by atoms with Crippen LogP contribution < -0.4 is 0 Å². The lowest BCUT2D eigenvalue weighted by molar-refractivity contribution is -0.178. The second-order valence-electron chi connectivity index (χ2n) is 3.93. The molecule has 78 valence electrons. The molecule has 0 aromatic carbocycles. The molecule has 0 aromatic heterocycles. The lowest BCUT2D eigenvalue weighted by atomic mass is 9.95. The summed E-state index contributed by atoms with van der Waals surface area (Å²) in [7, 11) is 0. The van der Waals surface area contributed by atoms with Crippen molar-refractivity contribution in [2.75, 3.05) is 13.2 Å². The molecule has 0 aromatic rings. The molecule has 4 heteroatoms. The number of hydrogen-bond acceptors (Lipinski definition) is 4. The van der Waals surface area contributed by atoms with Gasteiger partial charge >= 0.3 is 0 Å². The van der Waals surface area contributed by atoms with Crippen molar-refractivity contribution in [2.24, 2.45) is 0 Å². The smallest absolute Gasteiger partial charge is 0.163 e. The maximum absolute atomic E-state index is 9.91. The first kappa shape index (κ1) is 10.9. The normalized spacial score (nSPS) is 31.6. The monoisotopic (exact) mass is 190 g/mol. The van der Waals surface area contributed by atoms with Crippen LogP contribution in [-0.4, -0.2) is 40.9 Å². The fourth-order valence-electron chi connectivity index (χ4n) is 1.39. The molecule has 2 N–H and O–H groups in total. The molecular formula is C9H18O4. The van der Waals surface area contributed by atoms with Crippen LogP contribution in [0.25, 0.3) is 0 Å². The third-order valence-corrected chi connectivity index (χ3v) is 2.49. The van der Waals surface area contributed by atoms with Crippen LogP contribution in [0.1, 0.15) is 27.2 Å². The van der Waals surface area contributed by atoms with Gasteiger partial charge in [-0.25, -0.2) is 0 Å². The summed E-state index contributed by atoms with van der Waals surface area (Å²) >= 11 is 0. The summed E-state index contributed by atoms with van der Waals surface area (Å²) in [6.45, 7) is 5.43. The summed E-state index contributed by atoms with van der Waals surface area (Å²) in [5.41, 5.74) is -1.17. The van der Waals surface area contributed by atoms with E-state index in [1.807, 2.05) is 6.92 Å². The lowest BCUT2D eigenvalue weighted by Gasteiger charge is -2.30. The SMILES string of the molecule is CCC(O)(CO)[C@@H]1COC(C)(C)O1. The average Bonchev–Trinajstić information content (AvgIpc) is 2.45. The van der Waals surface area contributed by atoms with Crippen molar-refractivity contribution in [2.45, 2.75) is 44.7 Å². The molecule has 1 aliphatic heterocycles. The van der Waals surface area contributed by atoms with Gasteiger partial charge in [0, 0.05) is 0 Å². The number of ether oxygens (including phenoxy) is 2. The highest BCUT2D eigenvalue weighted by atomic mass is 16.7. The van der Waals surface area contributed by atoms with Gasteiger partial charge in [-0.05, 0) is 20.3 Å². The third-order valence-electron chi connectivity index (χ3n) is 2.49. The zero-order chi connectivity index (χ0) is 10.1. The molecule has 1 unspecified atom stereocenters. The first-order chi connectivity index (χ1) is 5.93. The Morgan fingerprint density at radius 1 is 1.54 bits per heavy atom. The molecule has 1 rings (SSSR count). The summed E-state index contributed by atoms with van der Waals surface area (Å²) in [5, 5.41) is 18.9. The van der Waals surface area contributed by atoms with Crippen LogP contribution in [0.3, 0.4) is 0 Å². The molecule has 0 aliphatic carbocycles. The maximum Gasteiger partial charge on any atom is 0.163 e. The Bertz CT molecular complexity index is 174. The van der Waals surface area contributed by atoms with Gasteiger partial charge in [-0.1, -0.05) is 6.92 Å². The Labute approximate surface area is 78.5 Å². The largest absolute Gasteiger partial charge is 0.393 e. The summed E-state index contributed by atoms with van der Waals surface area (Å²) in [4.78, 5) is 0. The number of rotatable bonds is 3. The average molecular weight is 190 g/mol. The summed E-state index contributed by atoms with van der Waals surface area (Å²) in [5.74, 6) is -0.650. The molecular weight excluding hydrogens is 172 g/mol. The molecule has 0 bridgehead atoms. The van der Waals surface area contributed by atoms with Crippen molar-refractivity contribution < 1.29 is 19.7 Å². The van der Waals surface area contributed by atoms with Crippen LogP contribution in [0, 0.1) is 0 Å². The van der Waals surface area contributed by atoms with Gasteiger partial charge in [0.2, 0.25) is 0 Å². The van der Waals surface area contributed by atoms with Crippen LogP contribution in [0.2, 0.25) is 0 Å². The predicted octanol–water partition coefficient (Wildman–Crippen LogP) is 0.271. The molecule has 1 saturated heterocycles. The van der Waals surface area contributed by atoms with E-state index < -0.39 is 17.5 Å². The Kier molecular flexibility index (Phi) is 2.97. The molecule has 0 spiro atoms. The minimum atomic E-state index is -1.17. The standard InChI is InChI=1S/C9H18O4/c1-4-9(11,6-10)7-5-12-8(2,3)13-7/h7,10-11H,4-6H2,1-3H3/t7-,9?/m0/s1. The minimum Gasteiger partial charge on any atom is -0.393 e. The topological polar surface area (TPSA) is 58.9 Å². The first-order valence-electron chi connectivity index (χ1n) is 4.58. The minimum absolute atomic E-state index is 0.298. The van der Waals surface area contributed by atoms with Gasteiger partial charge in [0.15, 0.2) is 5.79 Å². The van der Waals surface area contributed by atoms with Gasteiger partial charge in [-0.15, -0.1) is 0 Å². The van der Waals surface area contributed by atoms with Crippen LogP contribution in [0.15, 0.2) is 0 Å². The predicted molar refractivity (Wildman–Crippen MR) is 47.2 cm³/mol. The molecule has 1 fully saturated rings. The fraction of sp³-hybridized carbons (Fsp3) is 1.00. The molecule has 1 heterocycles. The van der Waals surface area contributed by atoms with Crippen molar-refractivity contribution in [3.05, 3.63) is 0 Å². The Hall–Kier alpha value is -0.160. The van der Waals surface area contributed by atoms with Gasteiger partial charge in [-0.2, -0.15) is 0 Å². The van der Waals surface area contributed by atoms with E-state index in [2.05, 4.69) is 0 Å². The van der Waals surface area contributed by atoms with Gasteiger partial charge in [-0.3, -0.25) is 0 Å². The fourth-order valence-corrected chi connectivity index (χ4v) is 1.39. The highest BCUT2D eigenvalue weighted by Crippen LogP contribution is 2.30. The van der Waals surface area contributed by atoms with Gasteiger partial charge < -0.3 is 19.7 Å². The van der Waals surface area contributed by atoms with Crippen molar-refractivity contribution in [3.8, 4) is 0 Å². The third kappa shape index (κ3) is 2.20. The van der Waals surface area contributed by atoms with Crippen LogP contribution in [0.4, 0.5) is 0 Å². The molecule has 4 nitrogen and oxygen atoms in total. The Balaban J connectivity index is 2.63. The Morgan fingerprint density at radius 3 is 2.46 bits per heavy atom. The quantitative estimate of drug-likeness (QED) is 0.670. The molecule has 13 heavy (non-hydrogen) atoms. The zero-order valence-corrected chi connectivity index (χ0v) is 8.41. The zero-order valence-electron chi connectivity index (χ0n) is 8.41. The Morgan fingerprint density at radius 2 is 2.15 bits per heavy atom. The van der Waals surface area contributed by atoms with Gasteiger partial charge in [0.1, 0.15) is 11.7 Å². The van der Waals surface area contributed by atoms with E-state index in [1.54, 1.807) is 13.8 Å². The molecule has 0 amide bonds. The molecule has 0 radical (unpaired) electrons. The van der Waals surface area contributed by atoms with Crippen LogP contribution >= 0.6 is 0 Å². The van der Waals surface area contributed by atoms with Crippen molar-refractivity contribution in [1.29, 1.82) is 0 Å². The number of hydrogen-bond donors (Lipinski definition) is 2. The van der Waals surface area contributed by atoms with E-state index >= 15 is 0 Å². The summed E-state index contributed by atoms with van der Waals surface area (Å²) < 4.78 is 10.8. The van der Waals surface area contributed by atoms with E-state index in [0.29, 0.717) is 13.0 Å². The van der Waals surface area contributed by atoms with E-state index in [-0.39, 0.29) is 6.61 Å². The van der Waals surface area contributed by atoms with Crippen molar-refractivity contribution in [3.63, 3.8) is 0 Å². The first-order valence-corrected chi connectivity index (χ1v) is 4.58. The highest BCUT2D eigenvalue weighted by molar-refractivity contribution is 4.89.